The first kappa shape index (κ1) is 14.5. The highest BCUT2D eigenvalue weighted by Crippen LogP contribution is 2.25. The third-order valence-corrected chi connectivity index (χ3v) is 1.99. The van der Waals surface area contributed by atoms with Crippen LogP contribution < -0.4 is 10.1 Å². The molecule has 0 saturated carbocycles. The zero-order chi connectivity index (χ0) is 13.9. The topological polar surface area (TPSA) is 60.5 Å². The average Bonchev–Trinajstić information content (AvgIpc) is 2.21. The maximum absolute atomic E-state index is 13.6. The Hall–Kier alpha value is -1.56. The fourth-order valence-corrected chi connectivity index (χ4v) is 1.27. The van der Waals surface area contributed by atoms with Gasteiger partial charge in [0.2, 0.25) is 5.88 Å². The van der Waals surface area contributed by atoms with Crippen molar-refractivity contribution in [2.75, 3.05) is 12.4 Å². The Morgan fingerprint density at radius 3 is 2.61 bits per heavy atom. The predicted octanol–water partition coefficient (Wildman–Crippen LogP) is 3.23. The van der Waals surface area contributed by atoms with Crippen LogP contribution in [0.15, 0.2) is 6.07 Å². The summed E-state index contributed by atoms with van der Waals surface area (Å²) in [5.41, 5.74) is -0.831. The lowest BCUT2D eigenvalue weighted by Crippen LogP contribution is -2.27. The van der Waals surface area contributed by atoms with Gasteiger partial charge in [0, 0.05) is 6.07 Å². The average molecular weight is 277 g/mol. The molecule has 0 aromatic carbocycles. The molecule has 1 heterocycles. The van der Waals surface area contributed by atoms with Gasteiger partial charge in [0.25, 0.3) is 0 Å². The molecule has 1 N–H and O–H groups in total. The molecule has 18 heavy (non-hydrogen) atoms. The number of hydrogen-bond donors (Lipinski definition) is 1. The molecule has 7 heteroatoms. The van der Waals surface area contributed by atoms with Gasteiger partial charge in [0.05, 0.1) is 12.8 Å². The lowest BCUT2D eigenvalue weighted by Gasteiger charge is -2.19. The first-order valence-corrected chi connectivity index (χ1v) is 5.51. The van der Waals surface area contributed by atoms with Crippen molar-refractivity contribution in [3.8, 4) is 5.88 Å². The van der Waals surface area contributed by atoms with E-state index in [4.69, 9.17) is 21.1 Å². The number of methoxy groups -OCH3 is 1. The minimum atomic E-state index is -0.844. The lowest BCUT2D eigenvalue weighted by atomic mass is 10.2. The van der Waals surface area contributed by atoms with E-state index in [0.717, 1.165) is 0 Å². The highest BCUT2D eigenvalue weighted by Gasteiger charge is 2.19. The van der Waals surface area contributed by atoms with E-state index in [-0.39, 0.29) is 16.7 Å². The molecule has 0 saturated heterocycles. The summed E-state index contributed by atoms with van der Waals surface area (Å²) in [6, 6.07) is 1.21. The maximum Gasteiger partial charge on any atom is 0.412 e. The van der Waals surface area contributed by atoms with Crippen LogP contribution in [0.25, 0.3) is 0 Å². The van der Waals surface area contributed by atoms with E-state index in [1.807, 2.05) is 0 Å². The Kier molecular flexibility index (Phi) is 4.34. The number of carbonyl (C=O) groups excluding carboxylic acids is 1. The van der Waals surface area contributed by atoms with Crippen molar-refractivity contribution >= 4 is 23.4 Å². The third-order valence-electron chi connectivity index (χ3n) is 1.74. The summed E-state index contributed by atoms with van der Waals surface area (Å²) >= 11 is 5.56. The molecule has 0 radical (unpaired) electrons. The number of anilines is 1. The molecule has 0 aliphatic rings. The quantitative estimate of drug-likeness (QED) is 0.843. The van der Waals surface area contributed by atoms with E-state index < -0.39 is 17.5 Å². The molecule has 1 aromatic heterocycles. The molecular weight excluding hydrogens is 263 g/mol. The number of carbonyl (C=O) groups is 1. The second kappa shape index (κ2) is 5.39. The van der Waals surface area contributed by atoms with E-state index in [1.54, 1.807) is 20.8 Å². The number of rotatable bonds is 2. The van der Waals surface area contributed by atoms with Crippen LogP contribution in [-0.4, -0.2) is 23.8 Å². The number of amides is 1. The van der Waals surface area contributed by atoms with Gasteiger partial charge in [-0.05, 0) is 20.8 Å². The van der Waals surface area contributed by atoms with Gasteiger partial charge in [-0.15, -0.1) is 0 Å². The van der Waals surface area contributed by atoms with Crippen molar-refractivity contribution in [3.63, 3.8) is 0 Å². The van der Waals surface area contributed by atoms with E-state index in [2.05, 4.69) is 10.3 Å². The van der Waals surface area contributed by atoms with Crippen molar-refractivity contribution in [2.45, 2.75) is 26.4 Å². The summed E-state index contributed by atoms with van der Waals surface area (Å²) in [4.78, 5) is 15.1. The van der Waals surface area contributed by atoms with Crippen LogP contribution >= 0.6 is 11.6 Å². The fraction of sp³-hybridized carbons (Fsp3) is 0.455. The van der Waals surface area contributed by atoms with Crippen molar-refractivity contribution in [1.29, 1.82) is 0 Å². The molecule has 0 atom stereocenters. The molecule has 0 aliphatic heterocycles. The minimum Gasteiger partial charge on any atom is -0.481 e. The van der Waals surface area contributed by atoms with Gasteiger partial charge >= 0.3 is 6.09 Å². The van der Waals surface area contributed by atoms with Gasteiger partial charge < -0.3 is 9.47 Å². The highest BCUT2D eigenvalue weighted by atomic mass is 35.5. The van der Waals surface area contributed by atoms with E-state index >= 15 is 0 Å². The zero-order valence-corrected chi connectivity index (χ0v) is 11.3. The van der Waals surface area contributed by atoms with Crippen LogP contribution in [0.1, 0.15) is 20.8 Å². The van der Waals surface area contributed by atoms with Crippen molar-refractivity contribution < 1.29 is 18.7 Å². The van der Waals surface area contributed by atoms with E-state index in [9.17, 15) is 9.18 Å². The van der Waals surface area contributed by atoms with Gasteiger partial charge in [-0.1, -0.05) is 11.6 Å². The molecule has 0 spiro atoms. The number of aromatic nitrogens is 1. The number of pyridine rings is 1. The van der Waals surface area contributed by atoms with Crippen LogP contribution in [0.4, 0.5) is 14.9 Å². The molecular formula is C11H14ClFN2O3. The van der Waals surface area contributed by atoms with Crippen molar-refractivity contribution in [2.24, 2.45) is 0 Å². The summed E-state index contributed by atoms with van der Waals surface area (Å²) in [6.07, 6.45) is -0.786. The van der Waals surface area contributed by atoms with Gasteiger partial charge in [-0.25, -0.2) is 9.18 Å². The van der Waals surface area contributed by atoms with Crippen LogP contribution in [0.3, 0.4) is 0 Å². The Bertz CT molecular complexity index is 460. The summed E-state index contributed by atoms with van der Waals surface area (Å²) < 4.78 is 23.4. The van der Waals surface area contributed by atoms with E-state index in [1.165, 1.54) is 13.2 Å². The molecule has 0 bridgehead atoms. The SMILES string of the molecule is COc1cc(NC(=O)OC(C)(C)C)c(F)c(Cl)n1. The predicted molar refractivity (Wildman–Crippen MR) is 65.6 cm³/mol. The Balaban J connectivity index is 2.90. The van der Waals surface area contributed by atoms with E-state index in [0.29, 0.717) is 0 Å². The first-order chi connectivity index (χ1) is 8.23. The lowest BCUT2D eigenvalue weighted by molar-refractivity contribution is 0.0635. The number of nitrogens with zero attached hydrogens (tertiary/aromatic N) is 1. The summed E-state index contributed by atoms with van der Waals surface area (Å²) in [5.74, 6) is -0.754. The number of ether oxygens (including phenoxy) is 2. The normalized spacial score (nSPS) is 11.0. The minimum absolute atomic E-state index is 0.0902. The Labute approximate surface area is 109 Å². The van der Waals surface area contributed by atoms with Crippen molar-refractivity contribution in [3.05, 3.63) is 17.0 Å². The molecule has 1 aromatic rings. The van der Waals surface area contributed by atoms with Crippen LogP contribution in [-0.2, 0) is 4.74 Å². The standard InChI is InChI=1S/C11H14ClFN2O3/c1-11(2,3)18-10(16)14-6-5-7(17-4)15-9(12)8(6)13/h5H,1-4H3,(H,14,15,16). The Morgan fingerprint density at radius 2 is 2.11 bits per heavy atom. The van der Waals surface area contributed by atoms with Crippen LogP contribution in [0, 0.1) is 5.82 Å². The monoisotopic (exact) mass is 276 g/mol. The van der Waals surface area contributed by atoms with Gasteiger partial charge in [0.1, 0.15) is 5.60 Å². The molecule has 0 aliphatic carbocycles. The Morgan fingerprint density at radius 1 is 1.50 bits per heavy atom. The number of nitrogens with one attached hydrogen (secondary N) is 1. The second-order valence-corrected chi connectivity index (χ2v) is 4.80. The van der Waals surface area contributed by atoms with Crippen LogP contribution in [0.2, 0.25) is 5.15 Å². The zero-order valence-electron chi connectivity index (χ0n) is 10.5. The molecule has 100 valence electrons. The third kappa shape index (κ3) is 4.03. The van der Waals surface area contributed by atoms with Gasteiger partial charge in [-0.3, -0.25) is 5.32 Å². The highest BCUT2D eigenvalue weighted by molar-refractivity contribution is 6.30. The smallest absolute Gasteiger partial charge is 0.412 e. The number of halogens is 2. The first-order valence-electron chi connectivity index (χ1n) is 5.13. The largest absolute Gasteiger partial charge is 0.481 e. The van der Waals surface area contributed by atoms with Gasteiger partial charge in [0.15, 0.2) is 11.0 Å². The van der Waals surface area contributed by atoms with Gasteiger partial charge in [-0.2, -0.15) is 4.98 Å². The van der Waals surface area contributed by atoms with Crippen molar-refractivity contribution in [1.82, 2.24) is 4.98 Å². The fourth-order valence-electron chi connectivity index (χ4n) is 1.09. The maximum atomic E-state index is 13.6. The molecule has 0 fully saturated rings. The molecule has 1 amide bonds. The second-order valence-electron chi connectivity index (χ2n) is 4.44. The molecule has 0 unspecified atom stereocenters. The number of hydrogen-bond acceptors (Lipinski definition) is 4. The summed E-state index contributed by atoms with van der Waals surface area (Å²) in [6.45, 7) is 5.09. The summed E-state index contributed by atoms with van der Waals surface area (Å²) in [5, 5.41) is 1.85. The van der Waals surface area contributed by atoms with Crippen LogP contribution in [0.5, 0.6) is 5.88 Å². The summed E-state index contributed by atoms with van der Waals surface area (Å²) in [7, 11) is 1.35. The molecule has 5 nitrogen and oxygen atoms in total. The molecule has 1 rings (SSSR count).